The standard InChI is InChI=1S/C21H25FN2O2/c1-14-11-20(24(23-14)16-9-10-16)17-6-3-2-5-15(17)13-26-21-8-4-7-19(22)18(21)12-25/h4,7-8,11-12,14,16,23H,2-3,5-6,9-10,13H2,1H3. The third kappa shape index (κ3) is 3.40. The number of carbonyl (C=O) groups is 1. The van der Waals surface area contributed by atoms with E-state index in [1.807, 2.05) is 0 Å². The smallest absolute Gasteiger partial charge is 0.156 e. The Balaban J connectivity index is 1.58. The molecule has 0 radical (unpaired) electrons. The lowest BCUT2D eigenvalue weighted by atomic mass is 9.89. The average molecular weight is 356 g/mol. The van der Waals surface area contributed by atoms with Gasteiger partial charge in [-0.05, 0) is 74.8 Å². The van der Waals surface area contributed by atoms with Gasteiger partial charge in [0.2, 0.25) is 0 Å². The maximum atomic E-state index is 13.8. The molecule has 0 amide bonds. The number of hydrogen-bond donors (Lipinski definition) is 1. The van der Waals surface area contributed by atoms with E-state index in [0.717, 1.165) is 19.3 Å². The molecule has 2 aliphatic carbocycles. The fourth-order valence-electron chi connectivity index (χ4n) is 3.88. The van der Waals surface area contributed by atoms with Crippen LogP contribution < -0.4 is 10.2 Å². The Labute approximate surface area is 153 Å². The van der Waals surface area contributed by atoms with E-state index in [9.17, 15) is 9.18 Å². The van der Waals surface area contributed by atoms with Crippen LogP contribution in [0.15, 0.2) is 41.1 Å². The number of hydrazine groups is 1. The quantitative estimate of drug-likeness (QED) is 0.778. The zero-order chi connectivity index (χ0) is 18.1. The van der Waals surface area contributed by atoms with Gasteiger partial charge in [-0.3, -0.25) is 4.79 Å². The van der Waals surface area contributed by atoms with Gasteiger partial charge in [-0.1, -0.05) is 6.07 Å². The van der Waals surface area contributed by atoms with Gasteiger partial charge >= 0.3 is 0 Å². The molecule has 0 bridgehead atoms. The van der Waals surface area contributed by atoms with Crippen LogP contribution in [-0.2, 0) is 0 Å². The second-order valence-electron chi connectivity index (χ2n) is 7.42. The van der Waals surface area contributed by atoms with Crippen LogP contribution in [0.25, 0.3) is 0 Å². The summed E-state index contributed by atoms with van der Waals surface area (Å²) in [5, 5.41) is 2.34. The molecule has 1 aromatic rings. The number of rotatable bonds is 6. The summed E-state index contributed by atoms with van der Waals surface area (Å²) < 4.78 is 19.7. The molecule has 1 saturated carbocycles. The Hall–Kier alpha value is -2.14. The van der Waals surface area contributed by atoms with Crippen molar-refractivity contribution in [2.24, 2.45) is 0 Å². The Morgan fingerprint density at radius 1 is 1.31 bits per heavy atom. The number of ether oxygens (including phenoxy) is 1. The molecular weight excluding hydrogens is 331 g/mol. The number of hydrogen-bond acceptors (Lipinski definition) is 4. The highest BCUT2D eigenvalue weighted by Crippen LogP contribution is 2.39. The van der Waals surface area contributed by atoms with Crippen LogP contribution in [0.3, 0.4) is 0 Å². The largest absolute Gasteiger partial charge is 0.488 e. The maximum absolute atomic E-state index is 13.8. The Kier molecular flexibility index (Phi) is 4.81. The molecule has 1 aromatic carbocycles. The number of nitrogens with one attached hydrogen (secondary N) is 1. The number of halogens is 1. The summed E-state index contributed by atoms with van der Waals surface area (Å²) in [6.07, 6.45) is 9.68. The fraction of sp³-hybridized carbons (Fsp3) is 0.476. The first kappa shape index (κ1) is 17.3. The van der Waals surface area contributed by atoms with E-state index in [1.165, 1.54) is 42.2 Å². The number of allylic oxidation sites excluding steroid dienone is 1. The highest BCUT2D eigenvalue weighted by molar-refractivity contribution is 5.79. The minimum absolute atomic E-state index is 0.000405. The van der Waals surface area contributed by atoms with Crippen molar-refractivity contribution in [2.45, 2.75) is 57.5 Å². The monoisotopic (exact) mass is 356 g/mol. The Morgan fingerprint density at radius 2 is 2.12 bits per heavy atom. The predicted molar refractivity (Wildman–Crippen MR) is 98.3 cm³/mol. The van der Waals surface area contributed by atoms with Gasteiger partial charge in [-0.2, -0.15) is 0 Å². The van der Waals surface area contributed by atoms with Crippen molar-refractivity contribution in [3.05, 3.63) is 52.5 Å². The molecule has 1 unspecified atom stereocenters. The summed E-state index contributed by atoms with van der Waals surface area (Å²) in [5.41, 5.74) is 7.49. The lowest BCUT2D eigenvalue weighted by molar-refractivity contribution is 0.111. The zero-order valence-corrected chi connectivity index (χ0v) is 15.1. The molecule has 1 N–H and O–H groups in total. The van der Waals surface area contributed by atoms with Gasteiger partial charge in [0.1, 0.15) is 18.2 Å². The van der Waals surface area contributed by atoms with Gasteiger partial charge in [0.05, 0.1) is 11.3 Å². The summed E-state index contributed by atoms with van der Waals surface area (Å²) in [5.74, 6) is -0.213. The van der Waals surface area contributed by atoms with E-state index in [0.29, 0.717) is 30.7 Å². The third-order valence-electron chi connectivity index (χ3n) is 5.35. The summed E-state index contributed by atoms with van der Waals surface area (Å²) in [7, 11) is 0. The van der Waals surface area contributed by atoms with Gasteiger partial charge in [-0.25, -0.2) is 9.82 Å². The fourth-order valence-corrected chi connectivity index (χ4v) is 3.88. The average Bonchev–Trinajstić information content (AvgIpc) is 3.42. The van der Waals surface area contributed by atoms with Gasteiger partial charge in [0.15, 0.2) is 6.29 Å². The van der Waals surface area contributed by atoms with Crippen molar-refractivity contribution in [1.82, 2.24) is 10.4 Å². The van der Waals surface area contributed by atoms with E-state index in [1.54, 1.807) is 12.1 Å². The second-order valence-corrected chi connectivity index (χ2v) is 7.42. The van der Waals surface area contributed by atoms with Crippen molar-refractivity contribution in [2.75, 3.05) is 6.61 Å². The molecule has 1 aliphatic heterocycles. The van der Waals surface area contributed by atoms with Crippen LogP contribution in [-0.4, -0.2) is 30.0 Å². The molecule has 4 rings (SSSR count). The van der Waals surface area contributed by atoms with Gasteiger partial charge in [0.25, 0.3) is 0 Å². The molecule has 26 heavy (non-hydrogen) atoms. The van der Waals surface area contributed by atoms with Crippen LogP contribution in [0.5, 0.6) is 5.75 Å². The highest BCUT2D eigenvalue weighted by atomic mass is 19.1. The van der Waals surface area contributed by atoms with Crippen LogP contribution in [0.1, 0.15) is 55.8 Å². The Morgan fingerprint density at radius 3 is 2.88 bits per heavy atom. The summed E-state index contributed by atoms with van der Waals surface area (Å²) in [6.45, 7) is 2.58. The van der Waals surface area contributed by atoms with Crippen molar-refractivity contribution < 1.29 is 13.9 Å². The van der Waals surface area contributed by atoms with Crippen molar-refractivity contribution >= 4 is 6.29 Å². The minimum atomic E-state index is -0.535. The first-order valence-corrected chi connectivity index (χ1v) is 9.52. The van der Waals surface area contributed by atoms with E-state index >= 15 is 0 Å². The number of carbonyl (C=O) groups excluding carboxylic acids is 1. The molecule has 1 atom stereocenters. The topological polar surface area (TPSA) is 41.6 Å². The van der Waals surface area contributed by atoms with Gasteiger partial charge < -0.3 is 9.75 Å². The normalized spacial score (nSPS) is 23.2. The van der Waals surface area contributed by atoms with Crippen LogP contribution in [0.2, 0.25) is 0 Å². The molecule has 0 saturated heterocycles. The molecule has 138 valence electrons. The number of nitrogens with zero attached hydrogens (tertiary/aromatic N) is 1. The first-order chi connectivity index (χ1) is 12.7. The summed E-state index contributed by atoms with van der Waals surface area (Å²) in [4.78, 5) is 11.2. The molecular formula is C21H25FN2O2. The summed E-state index contributed by atoms with van der Waals surface area (Å²) >= 11 is 0. The molecule has 1 heterocycles. The number of benzene rings is 1. The summed E-state index contributed by atoms with van der Waals surface area (Å²) in [6, 6.07) is 5.46. The molecule has 0 aromatic heterocycles. The zero-order valence-electron chi connectivity index (χ0n) is 15.1. The van der Waals surface area contributed by atoms with Gasteiger partial charge in [-0.15, -0.1) is 0 Å². The Bertz CT molecular complexity index is 767. The SMILES string of the molecule is CC1C=C(C2=C(COc3cccc(F)c3C=O)CCCC2)N(C2CC2)N1. The van der Waals surface area contributed by atoms with Crippen LogP contribution in [0.4, 0.5) is 4.39 Å². The van der Waals surface area contributed by atoms with E-state index in [-0.39, 0.29) is 5.56 Å². The minimum Gasteiger partial charge on any atom is -0.488 e. The van der Waals surface area contributed by atoms with E-state index < -0.39 is 5.82 Å². The lowest BCUT2D eigenvalue weighted by Gasteiger charge is -2.29. The van der Waals surface area contributed by atoms with Crippen LogP contribution >= 0.6 is 0 Å². The van der Waals surface area contributed by atoms with Gasteiger partial charge in [0, 0.05) is 12.1 Å². The molecule has 0 spiro atoms. The maximum Gasteiger partial charge on any atom is 0.156 e. The van der Waals surface area contributed by atoms with E-state index in [2.05, 4.69) is 23.4 Å². The third-order valence-corrected chi connectivity index (χ3v) is 5.35. The van der Waals surface area contributed by atoms with Crippen molar-refractivity contribution in [3.8, 4) is 5.75 Å². The predicted octanol–water partition coefficient (Wildman–Crippen LogP) is 4.14. The molecule has 4 nitrogen and oxygen atoms in total. The first-order valence-electron chi connectivity index (χ1n) is 9.52. The van der Waals surface area contributed by atoms with E-state index in [4.69, 9.17) is 4.74 Å². The molecule has 5 heteroatoms. The highest BCUT2D eigenvalue weighted by Gasteiger charge is 2.36. The van der Waals surface area contributed by atoms with Crippen LogP contribution in [0, 0.1) is 5.82 Å². The lowest BCUT2D eigenvalue weighted by Crippen LogP contribution is -2.38. The second kappa shape index (κ2) is 7.23. The molecule has 1 fully saturated rings. The number of aldehydes is 1. The van der Waals surface area contributed by atoms with Crippen molar-refractivity contribution in [1.29, 1.82) is 0 Å². The van der Waals surface area contributed by atoms with Crippen molar-refractivity contribution in [3.63, 3.8) is 0 Å². The molecule has 3 aliphatic rings.